The van der Waals surface area contributed by atoms with Gasteiger partial charge in [0.2, 0.25) is 5.91 Å². The van der Waals surface area contributed by atoms with Gasteiger partial charge in [0.15, 0.2) is 0 Å². The number of ether oxygens (including phenoxy) is 1. The van der Waals surface area contributed by atoms with Crippen LogP contribution in [-0.2, 0) is 32.7 Å². The summed E-state index contributed by atoms with van der Waals surface area (Å²) in [4.78, 5) is 53.7. The highest BCUT2D eigenvalue weighted by Gasteiger charge is 2.51. The fraction of sp³-hybridized carbons (Fsp3) is 0.440. The van der Waals surface area contributed by atoms with Gasteiger partial charge in [-0.1, -0.05) is 44.2 Å². The smallest absolute Gasteiger partial charge is 0.341 e. The van der Waals surface area contributed by atoms with Crippen LogP contribution in [0.1, 0.15) is 60.0 Å². The Labute approximate surface area is 202 Å². The van der Waals surface area contributed by atoms with Crippen molar-refractivity contribution in [1.82, 2.24) is 10.2 Å². The van der Waals surface area contributed by atoms with E-state index in [1.165, 1.54) is 11.3 Å². The van der Waals surface area contributed by atoms with Crippen molar-refractivity contribution in [2.75, 3.05) is 18.5 Å². The van der Waals surface area contributed by atoms with E-state index in [0.29, 0.717) is 28.5 Å². The number of benzene rings is 1. The third-order valence-corrected chi connectivity index (χ3v) is 7.69. The van der Waals surface area contributed by atoms with Gasteiger partial charge in [0.25, 0.3) is 5.91 Å². The molecule has 0 radical (unpaired) electrons. The van der Waals surface area contributed by atoms with Gasteiger partial charge < -0.3 is 15.4 Å². The van der Waals surface area contributed by atoms with E-state index in [9.17, 15) is 19.2 Å². The van der Waals surface area contributed by atoms with Crippen LogP contribution in [0.4, 0.5) is 9.80 Å². The Bertz CT molecular complexity index is 1130. The van der Waals surface area contributed by atoms with Crippen LogP contribution in [0.25, 0.3) is 0 Å². The maximum atomic E-state index is 13.3. The van der Waals surface area contributed by atoms with Crippen molar-refractivity contribution < 1.29 is 23.9 Å². The van der Waals surface area contributed by atoms with Gasteiger partial charge in [0.05, 0.1) is 12.2 Å². The van der Waals surface area contributed by atoms with E-state index in [1.54, 1.807) is 31.2 Å². The first-order chi connectivity index (χ1) is 16.3. The number of rotatable bonds is 7. The average molecular weight is 484 g/mol. The van der Waals surface area contributed by atoms with Gasteiger partial charge in [-0.2, -0.15) is 0 Å². The fourth-order valence-corrected chi connectivity index (χ4v) is 6.11. The van der Waals surface area contributed by atoms with Crippen molar-refractivity contribution in [3.05, 3.63) is 51.9 Å². The first kappa shape index (κ1) is 23.9. The van der Waals surface area contributed by atoms with Crippen LogP contribution in [-0.4, -0.2) is 41.9 Å². The summed E-state index contributed by atoms with van der Waals surface area (Å²) in [6.45, 7) is 5.50. The second-order valence-corrected chi connectivity index (χ2v) is 9.88. The number of hydrogen-bond acceptors (Lipinski definition) is 6. The summed E-state index contributed by atoms with van der Waals surface area (Å²) < 4.78 is 5.25. The number of fused-ring (bicyclic) bond motifs is 1. The zero-order valence-electron chi connectivity index (χ0n) is 19.6. The van der Waals surface area contributed by atoms with E-state index >= 15 is 0 Å². The van der Waals surface area contributed by atoms with E-state index in [1.807, 2.05) is 13.0 Å². The number of hydrogen-bond donors (Lipinski definition) is 2. The number of urea groups is 1. The molecule has 1 fully saturated rings. The third kappa shape index (κ3) is 4.20. The van der Waals surface area contributed by atoms with Crippen molar-refractivity contribution in [2.45, 2.75) is 52.0 Å². The van der Waals surface area contributed by atoms with Crippen LogP contribution in [0.15, 0.2) is 30.3 Å². The lowest BCUT2D eigenvalue weighted by atomic mass is 9.87. The van der Waals surface area contributed by atoms with E-state index in [-0.39, 0.29) is 6.61 Å². The topological polar surface area (TPSA) is 105 Å². The van der Waals surface area contributed by atoms with E-state index in [2.05, 4.69) is 17.6 Å². The minimum Gasteiger partial charge on any atom is -0.462 e. The lowest BCUT2D eigenvalue weighted by Gasteiger charge is -2.25. The molecule has 4 amide bonds. The van der Waals surface area contributed by atoms with Crippen LogP contribution in [0.3, 0.4) is 0 Å². The largest absolute Gasteiger partial charge is 0.462 e. The maximum absolute atomic E-state index is 13.3. The first-order valence-corrected chi connectivity index (χ1v) is 12.4. The second kappa shape index (κ2) is 9.58. The number of esters is 1. The summed E-state index contributed by atoms with van der Waals surface area (Å²) in [5, 5.41) is 5.98. The molecular weight excluding hydrogens is 454 g/mol. The van der Waals surface area contributed by atoms with Gasteiger partial charge in [-0.15, -0.1) is 11.3 Å². The van der Waals surface area contributed by atoms with Crippen LogP contribution >= 0.6 is 11.3 Å². The number of carbonyl (C=O) groups excluding carboxylic acids is 4. The minimum atomic E-state index is -1.20. The molecule has 9 heteroatoms. The van der Waals surface area contributed by atoms with E-state index in [4.69, 9.17) is 4.74 Å². The Morgan fingerprint density at radius 2 is 1.97 bits per heavy atom. The van der Waals surface area contributed by atoms with Crippen LogP contribution in [0.2, 0.25) is 0 Å². The molecule has 0 spiro atoms. The normalized spacial score (nSPS) is 21.7. The van der Waals surface area contributed by atoms with Crippen LogP contribution < -0.4 is 10.6 Å². The number of anilines is 1. The molecule has 2 atom stereocenters. The van der Waals surface area contributed by atoms with Gasteiger partial charge >= 0.3 is 12.0 Å². The molecule has 0 saturated carbocycles. The standard InChI is InChI=1S/C25H29N3O5S/c1-4-25(16-9-7-6-8-10-16)23(31)28(24(32)27-25)14-19(29)26-21-20(22(30)33-5-2)17-12-11-15(3)13-18(17)34-21/h6-10,15H,4-5,11-14H2,1-3H3,(H,26,29)(H,27,32)/t15-,25-/m0/s1. The van der Waals surface area contributed by atoms with E-state index < -0.39 is 35.9 Å². The van der Waals surface area contributed by atoms with E-state index in [0.717, 1.165) is 34.6 Å². The summed E-state index contributed by atoms with van der Waals surface area (Å²) in [7, 11) is 0. The van der Waals surface area contributed by atoms with Crippen LogP contribution in [0, 0.1) is 5.92 Å². The Hall–Kier alpha value is -3.20. The number of thiophene rings is 1. The van der Waals surface area contributed by atoms with Crippen molar-refractivity contribution >= 4 is 40.2 Å². The quantitative estimate of drug-likeness (QED) is 0.460. The second-order valence-electron chi connectivity index (χ2n) is 8.77. The SMILES string of the molecule is CCOC(=O)c1c(NC(=O)CN2C(=O)N[C@@](CC)(c3ccccc3)C2=O)sc2c1CC[C@H](C)C2. The predicted molar refractivity (Wildman–Crippen MR) is 129 cm³/mol. The highest BCUT2D eigenvalue weighted by Crippen LogP contribution is 2.40. The Kier molecular flexibility index (Phi) is 6.74. The number of carbonyl (C=O) groups is 4. The zero-order valence-corrected chi connectivity index (χ0v) is 20.4. The van der Waals surface area contributed by atoms with Gasteiger partial charge in [-0.3, -0.25) is 14.5 Å². The molecule has 8 nitrogen and oxygen atoms in total. The van der Waals surface area contributed by atoms with Crippen molar-refractivity contribution in [1.29, 1.82) is 0 Å². The molecule has 1 saturated heterocycles. The van der Waals surface area contributed by atoms with Crippen LogP contribution in [0.5, 0.6) is 0 Å². The molecule has 1 aliphatic heterocycles. The molecule has 4 rings (SSSR count). The molecule has 1 aliphatic carbocycles. The summed E-state index contributed by atoms with van der Waals surface area (Å²) in [5.41, 5.74) is 0.795. The summed E-state index contributed by atoms with van der Waals surface area (Å²) in [6, 6.07) is 8.40. The number of amides is 4. The Morgan fingerprint density at radius 3 is 2.65 bits per heavy atom. The van der Waals surface area contributed by atoms with Crippen molar-refractivity contribution in [2.24, 2.45) is 5.92 Å². The molecule has 2 N–H and O–H groups in total. The fourth-order valence-electron chi connectivity index (χ4n) is 4.70. The zero-order chi connectivity index (χ0) is 24.5. The van der Waals surface area contributed by atoms with Crippen molar-refractivity contribution in [3.63, 3.8) is 0 Å². The highest BCUT2D eigenvalue weighted by atomic mass is 32.1. The molecule has 2 aliphatic rings. The predicted octanol–water partition coefficient (Wildman–Crippen LogP) is 3.85. The van der Waals surface area contributed by atoms with Crippen molar-refractivity contribution in [3.8, 4) is 0 Å². The van der Waals surface area contributed by atoms with Gasteiger partial charge in [-0.25, -0.2) is 9.59 Å². The molecular formula is C25H29N3O5S. The average Bonchev–Trinajstić information content (AvgIpc) is 3.29. The maximum Gasteiger partial charge on any atom is 0.341 e. The Morgan fingerprint density at radius 1 is 1.24 bits per heavy atom. The molecule has 1 aromatic heterocycles. The molecule has 2 aromatic rings. The molecule has 0 unspecified atom stereocenters. The summed E-state index contributed by atoms with van der Waals surface area (Å²) >= 11 is 1.37. The molecule has 180 valence electrons. The molecule has 1 aromatic carbocycles. The third-order valence-electron chi connectivity index (χ3n) is 6.52. The molecule has 2 heterocycles. The van der Waals surface area contributed by atoms with Gasteiger partial charge in [-0.05, 0) is 49.7 Å². The number of nitrogens with zero attached hydrogens (tertiary/aromatic N) is 1. The van der Waals surface area contributed by atoms with Gasteiger partial charge in [0, 0.05) is 4.88 Å². The molecule has 0 bridgehead atoms. The number of nitrogens with one attached hydrogen (secondary N) is 2. The number of imide groups is 1. The summed E-state index contributed by atoms with van der Waals surface area (Å²) in [5.74, 6) is -0.975. The monoisotopic (exact) mass is 483 g/mol. The Balaban J connectivity index is 1.56. The highest BCUT2D eigenvalue weighted by molar-refractivity contribution is 7.17. The lowest BCUT2D eigenvalue weighted by molar-refractivity contribution is -0.134. The lowest BCUT2D eigenvalue weighted by Crippen LogP contribution is -2.44. The minimum absolute atomic E-state index is 0.230. The first-order valence-electron chi connectivity index (χ1n) is 11.6. The molecule has 34 heavy (non-hydrogen) atoms. The summed E-state index contributed by atoms with van der Waals surface area (Å²) in [6.07, 6.45) is 2.90. The van der Waals surface area contributed by atoms with Gasteiger partial charge in [0.1, 0.15) is 17.1 Å².